The van der Waals surface area contributed by atoms with E-state index in [1.165, 1.54) is 19.6 Å². The fraction of sp³-hybridized carbons (Fsp3) is 0.688. The lowest BCUT2D eigenvalue weighted by molar-refractivity contribution is -0.184. The predicted molar refractivity (Wildman–Crippen MR) is 154 cm³/mol. The minimum absolute atomic E-state index is 0.00441. The maximum Gasteiger partial charge on any atom is 0.328 e. The van der Waals surface area contributed by atoms with E-state index in [2.05, 4.69) is 22.2 Å². The van der Waals surface area contributed by atoms with Gasteiger partial charge in [-0.3, -0.25) is 19.2 Å². The first-order chi connectivity index (χ1) is 20.8. The Hall–Kier alpha value is -3.38. The van der Waals surface area contributed by atoms with E-state index in [1.807, 2.05) is 6.92 Å². The minimum Gasteiger partial charge on any atom is -0.467 e. The van der Waals surface area contributed by atoms with Gasteiger partial charge < -0.3 is 30.0 Å². The smallest absolute Gasteiger partial charge is 0.328 e. The molecule has 12 nitrogen and oxygen atoms in total. The Labute approximate surface area is 256 Å². The molecule has 0 bridgehead atoms. The van der Waals surface area contributed by atoms with E-state index in [-0.39, 0.29) is 61.1 Å². The Kier molecular flexibility index (Phi) is 8.87. The van der Waals surface area contributed by atoms with Crippen LogP contribution in [0.5, 0.6) is 0 Å². The Morgan fingerprint density at radius 2 is 1.93 bits per heavy atom. The molecule has 3 saturated carbocycles. The lowest BCUT2D eigenvalue weighted by Gasteiger charge is -2.60. The van der Waals surface area contributed by atoms with Gasteiger partial charge >= 0.3 is 11.9 Å². The molecule has 1 heterocycles. The number of aromatic amines is 1. The third kappa shape index (κ3) is 5.62. The number of imidazole rings is 1. The second-order valence-corrected chi connectivity index (χ2v) is 13.5. The summed E-state index contributed by atoms with van der Waals surface area (Å²) >= 11 is 0. The number of carbonyl (C=O) groups excluding carboxylic acids is 5. The molecule has 0 unspecified atom stereocenters. The number of nitrogens with zero attached hydrogens (tertiary/aromatic N) is 1. The number of esters is 2. The summed E-state index contributed by atoms with van der Waals surface area (Å²) in [4.78, 5) is 69.4. The fourth-order valence-electron chi connectivity index (χ4n) is 8.92. The van der Waals surface area contributed by atoms with Gasteiger partial charge in [0.1, 0.15) is 11.6 Å². The highest BCUT2D eigenvalue weighted by atomic mass is 16.5. The molecule has 240 valence electrons. The molecule has 0 aromatic carbocycles. The monoisotopic (exact) mass is 613 g/mol. The molecule has 8 atom stereocenters. The summed E-state index contributed by atoms with van der Waals surface area (Å²) in [5, 5.41) is 25.9. The Bertz CT molecular complexity index is 1340. The van der Waals surface area contributed by atoms with Gasteiger partial charge in [-0.15, -0.1) is 0 Å². The van der Waals surface area contributed by atoms with E-state index in [0.29, 0.717) is 25.0 Å². The van der Waals surface area contributed by atoms with Crippen molar-refractivity contribution in [1.82, 2.24) is 15.3 Å². The number of allylic oxidation sites excluding steroid dienone is 1. The highest BCUT2D eigenvalue weighted by molar-refractivity contribution is 5.92. The van der Waals surface area contributed by atoms with Crippen LogP contribution in [0.4, 0.5) is 0 Å². The highest BCUT2D eigenvalue weighted by Crippen LogP contribution is 2.67. The number of amides is 1. The third-order valence-corrected chi connectivity index (χ3v) is 11.2. The van der Waals surface area contributed by atoms with Crippen molar-refractivity contribution in [3.8, 4) is 0 Å². The molecule has 4 N–H and O–H groups in total. The van der Waals surface area contributed by atoms with Gasteiger partial charge in [-0.2, -0.15) is 0 Å². The molecule has 0 radical (unpaired) electrons. The summed E-state index contributed by atoms with van der Waals surface area (Å²) in [5.74, 6) is -2.41. The summed E-state index contributed by atoms with van der Waals surface area (Å²) in [6, 6.07) is -0.976. The molecule has 44 heavy (non-hydrogen) atoms. The van der Waals surface area contributed by atoms with Crippen molar-refractivity contribution in [3.63, 3.8) is 0 Å². The molecule has 5 rings (SSSR count). The van der Waals surface area contributed by atoms with Crippen LogP contribution in [0.3, 0.4) is 0 Å². The number of hydrogen-bond acceptors (Lipinski definition) is 10. The SMILES string of the molecule is COC(=O)[C@H](Cc1cnc[nH]1)NC(=O)CCC(=O)OCC(=O)[C@@]1(O)CC[C@@H]2[C@@H]3CCC4=CC(=O)CC[C@]4(C)[C@@H]3[C@H](O)C[C@@]21C. The lowest BCUT2D eigenvalue weighted by atomic mass is 9.45. The van der Waals surface area contributed by atoms with Gasteiger partial charge in [0.15, 0.2) is 12.4 Å². The van der Waals surface area contributed by atoms with Crippen molar-refractivity contribution in [3.05, 3.63) is 29.9 Å². The van der Waals surface area contributed by atoms with Crippen LogP contribution < -0.4 is 5.32 Å². The standard InChI is InChI=1S/C32H43N3O9/c1-30-10-8-20(36)12-18(30)4-5-21-22-9-11-32(42,31(22,2)14-24(37)28(21)30)25(38)16-44-27(40)7-6-26(39)35-23(29(41)43-3)13-19-15-33-17-34-19/h12,15,17,21-24,28,37,42H,4-11,13-14,16H2,1-3H3,(H,33,34)(H,35,39)/t21-,22+,23-,24+,28-,30-,31-,32-/m0/s1. The topological polar surface area (TPSA) is 185 Å². The van der Waals surface area contributed by atoms with Gasteiger partial charge in [-0.25, -0.2) is 9.78 Å². The van der Waals surface area contributed by atoms with Gasteiger partial charge in [-0.1, -0.05) is 19.4 Å². The molecule has 0 aliphatic heterocycles. The molecule has 1 amide bonds. The van der Waals surface area contributed by atoms with Gasteiger partial charge in [0, 0.05) is 36.6 Å². The van der Waals surface area contributed by atoms with Gasteiger partial charge in [0.2, 0.25) is 11.7 Å². The number of ketones is 2. The molecule has 1 aromatic rings. The van der Waals surface area contributed by atoms with E-state index < -0.39 is 53.4 Å². The third-order valence-electron chi connectivity index (χ3n) is 11.2. The number of H-pyrrole nitrogens is 1. The average molecular weight is 614 g/mol. The zero-order chi connectivity index (χ0) is 31.9. The summed E-state index contributed by atoms with van der Waals surface area (Å²) in [6.07, 6.45) is 7.31. The normalized spacial score (nSPS) is 34.9. The van der Waals surface area contributed by atoms with E-state index in [0.717, 1.165) is 18.4 Å². The van der Waals surface area contributed by atoms with Crippen molar-refractivity contribution in [2.45, 2.75) is 95.8 Å². The number of rotatable bonds is 10. The fourth-order valence-corrected chi connectivity index (χ4v) is 8.92. The first-order valence-electron chi connectivity index (χ1n) is 15.5. The Balaban J connectivity index is 1.16. The van der Waals surface area contributed by atoms with Crippen LogP contribution in [-0.2, 0) is 39.9 Å². The molecule has 12 heteroatoms. The van der Waals surface area contributed by atoms with Crippen LogP contribution in [0.15, 0.2) is 24.2 Å². The number of aliphatic hydroxyl groups is 2. The number of carbonyl (C=O) groups is 5. The summed E-state index contributed by atoms with van der Waals surface area (Å²) in [7, 11) is 1.21. The maximum atomic E-state index is 13.5. The second-order valence-electron chi connectivity index (χ2n) is 13.5. The number of aliphatic hydroxyl groups excluding tert-OH is 1. The maximum absolute atomic E-state index is 13.5. The van der Waals surface area contributed by atoms with Gasteiger partial charge in [0.25, 0.3) is 0 Å². The van der Waals surface area contributed by atoms with Gasteiger partial charge in [0.05, 0.1) is 26.0 Å². The lowest BCUT2D eigenvalue weighted by Crippen LogP contribution is -2.62. The zero-order valence-corrected chi connectivity index (χ0v) is 25.6. The number of Topliss-reactive ketones (excluding diaryl/α,β-unsaturated/α-hetero) is 1. The van der Waals surface area contributed by atoms with E-state index in [1.54, 1.807) is 6.08 Å². The van der Waals surface area contributed by atoms with Crippen molar-refractivity contribution in [2.75, 3.05) is 13.7 Å². The average Bonchev–Trinajstić information content (AvgIpc) is 3.60. The molecule has 1 aromatic heterocycles. The number of hydrogen-bond donors (Lipinski definition) is 4. The largest absolute Gasteiger partial charge is 0.467 e. The van der Waals surface area contributed by atoms with Crippen LogP contribution >= 0.6 is 0 Å². The summed E-state index contributed by atoms with van der Waals surface area (Å²) < 4.78 is 9.96. The Morgan fingerprint density at radius 1 is 1.16 bits per heavy atom. The van der Waals surface area contributed by atoms with Crippen molar-refractivity contribution < 1.29 is 43.7 Å². The first kappa shape index (κ1) is 32.0. The Morgan fingerprint density at radius 3 is 2.64 bits per heavy atom. The second kappa shape index (κ2) is 12.2. The number of nitrogens with one attached hydrogen (secondary N) is 2. The van der Waals surface area contributed by atoms with Crippen molar-refractivity contribution in [2.24, 2.45) is 28.6 Å². The number of aromatic nitrogens is 2. The van der Waals surface area contributed by atoms with Crippen LogP contribution in [0.1, 0.15) is 77.3 Å². The first-order valence-corrected chi connectivity index (χ1v) is 15.5. The summed E-state index contributed by atoms with van der Waals surface area (Å²) in [5.41, 5.74) is -1.20. The predicted octanol–water partition coefficient (Wildman–Crippen LogP) is 1.74. The number of methoxy groups -OCH3 is 1. The number of ether oxygens (including phenoxy) is 2. The molecule has 4 aliphatic carbocycles. The van der Waals surface area contributed by atoms with Gasteiger partial charge in [-0.05, 0) is 67.8 Å². The molecule has 0 saturated heterocycles. The molecule has 4 aliphatic rings. The van der Waals surface area contributed by atoms with E-state index >= 15 is 0 Å². The van der Waals surface area contributed by atoms with E-state index in [9.17, 15) is 34.2 Å². The zero-order valence-electron chi connectivity index (χ0n) is 25.6. The summed E-state index contributed by atoms with van der Waals surface area (Å²) in [6.45, 7) is 3.38. The minimum atomic E-state index is -1.76. The highest BCUT2D eigenvalue weighted by Gasteiger charge is 2.68. The van der Waals surface area contributed by atoms with Crippen LogP contribution in [0, 0.1) is 28.6 Å². The van der Waals surface area contributed by atoms with E-state index in [4.69, 9.17) is 9.47 Å². The van der Waals surface area contributed by atoms with Crippen LogP contribution in [0.2, 0.25) is 0 Å². The van der Waals surface area contributed by atoms with Crippen molar-refractivity contribution >= 4 is 29.4 Å². The van der Waals surface area contributed by atoms with Crippen LogP contribution in [0.25, 0.3) is 0 Å². The van der Waals surface area contributed by atoms with Crippen LogP contribution in [-0.4, -0.2) is 81.1 Å². The number of fused-ring (bicyclic) bond motifs is 5. The molecule has 3 fully saturated rings. The molecular formula is C32H43N3O9. The quantitative estimate of drug-likeness (QED) is 0.283. The molecular weight excluding hydrogens is 570 g/mol. The molecule has 0 spiro atoms. The van der Waals surface area contributed by atoms with Crippen molar-refractivity contribution in [1.29, 1.82) is 0 Å².